The molecule has 174 valence electrons. The smallest absolute Gasteiger partial charge is 0.263 e. The lowest BCUT2D eigenvalue weighted by atomic mass is 9.97. The van der Waals surface area contributed by atoms with Gasteiger partial charge in [-0.2, -0.15) is 0 Å². The number of carbonyl (C=O) groups is 1. The van der Waals surface area contributed by atoms with Crippen molar-refractivity contribution in [1.29, 1.82) is 0 Å². The first-order valence-corrected chi connectivity index (χ1v) is 11.9. The van der Waals surface area contributed by atoms with Crippen molar-refractivity contribution in [1.82, 2.24) is 5.16 Å². The van der Waals surface area contributed by atoms with E-state index in [0.29, 0.717) is 22.6 Å². The summed E-state index contributed by atoms with van der Waals surface area (Å²) in [6.45, 7) is 1.66. The van der Waals surface area contributed by atoms with Gasteiger partial charge in [0.2, 0.25) is 0 Å². The zero-order chi connectivity index (χ0) is 24.1. The average molecular weight is 480 g/mol. The fourth-order valence-corrected chi connectivity index (χ4v) is 4.43. The minimum Gasteiger partial charge on any atom is -0.378 e. The number of nitrogens with zero attached hydrogens (tertiary/aromatic N) is 1. The lowest BCUT2D eigenvalue weighted by Gasteiger charge is -2.20. The summed E-state index contributed by atoms with van der Waals surface area (Å²) < 4.78 is 46.3. The Labute approximate surface area is 196 Å². The third-order valence-electron chi connectivity index (χ3n) is 5.11. The molecule has 4 rings (SSSR count). The van der Waals surface area contributed by atoms with Crippen molar-refractivity contribution < 1.29 is 22.1 Å². The number of Topliss-reactive ketones (excluding diaryl/α,β-unsaturated/α-hetero) is 1. The molecule has 34 heavy (non-hydrogen) atoms. The van der Waals surface area contributed by atoms with E-state index in [9.17, 15) is 17.6 Å². The quantitative estimate of drug-likeness (QED) is 0.314. The molecule has 0 bridgehead atoms. The third-order valence-corrected chi connectivity index (χ3v) is 6.48. The zero-order valence-electron chi connectivity index (χ0n) is 18.2. The van der Waals surface area contributed by atoms with Gasteiger partial charge in [0, 0.05) is 23.7 Å². The molecule has 0 radical (unpaired) electrons. The number of hydrogen-bond donors (Lipinski definition) is 2. The van der Waals surface area contributed by atoms with Crippen molar-refractivity contribution >= 4 is 27.3 Å². The van der Waals surface area contributed by atoms with Crippen LogP contribution in [-0.2, 0) is 10.0 Å². The molecule has 9 heteroatoms. The molecule has 0 aliphatic heterocycles. The monoisotopic (exact) mass is 479 g/mol. The number of aryl methyl sites for hydroxylation is 1. The standard InChI is InChI=1S/C25H22FN3O4S/c1-17-14-25(28-33-17)29-34(31,32)22-12-10-21(11-13-22)27-23(19-8-5-9-20(26)15-19)16-24(30)18-6-3-2-4-7-18/h2-15,23,27H,16H2,1H3,(H,28,29). The summed E-state index contributed by atoms with van der Waals surface area (Å²) in [6, 6.07) is 21.9. The average Bonchev–Trinajstić information content (AvgIpc) is 3.23. The predicted octanol–water partition coefficient (Wildman–Crippen LogP) is 5.35. The van der Waals surface area contributed by atoms with E-state index in [0.717, 1.165) is 0 Å². The highest BCUT2D eigenvalue weighted by molar-refractivity contribution is 7.92. The molecule has 0 spiro atoms. The van der Waals surface area contributed by atoms with Gasteiger partial charge >= 0.3 is 0 Å². The molecule has 1 atom stereocenters. The Morgan fingerprint density at radius 1 is 1.00 bits per heavy atom. The number of nitrogens with one attached hydrogen (secondary N) is 2. The van der Waals surface area contributed by atoms with Crippen molar-refractivity contribution in [3.63, 3.8) is 0 Å². The summed E-state index contributed by atoms with van der Waals surface area (Å²) in [7, 11) is -3.86. The number of sulfonamides is 1. The first kappa shape index (κ1) is 23.2. The Hall–Kier alpha value is -3.98. The van der Waals surface area contributed by atoms with Crippen LogP contribution in [0.25, 0.3) is 0 Å². The number of anilines is 2. The van der Waals surface area contributed by atoms with Crippen molar-refractivity contribution in [2.75, 3.05) is 10.0 Å². The Bertz CT molecular complexity index is 1390. The highest BCUT2D eigenvalue weighted by Gasteiger charge is 2.20. The second-order valence-corrected chi connectivity index (χ2v) is 9.38. The van der Waals surface area contributed by atoms with Gasteiger partial charge in [-0.05, 0) is 48.9 Å². The van der Waals surface area contributed by atoms with Gasteiger partial charge in [0.1, 0.15) is 11.6 Å². The van der Waals surface area contributed by atoms with E-state index in [1.54, 1.807) is 55.5 Å². The van der Waals surface area contributed by atoms with E-state index < -0.39 is 21.9 Å². The SMILES string of the molecule is Cc1cc(NS(=O)(=O)c2ccc(NC(CC(=O)c3ccccc3)c3cccc(F)c3)cc2)no1. The van der Waals surface area contributed by atoms with Crippen molar-refractivity contribution in [2.24, 2.45) is 0 Å². The molecule has 1 heterocycles. The van der Waals surface area contributed by atoms with Crippen molar-refractivity contribution in [3.8, 4) is 0 Å². The summed E-state index contributed by atoms with van der Waals surface area (Å²) >= 11 is 0. The first-order valence-electron chi connectivity index (χ1n) is 10.5. The lowest BCUT2D eigenvalue weighted by Crippen LogP contribution is -2.16. The van der Waals surface area contributed by atoms with Crippen LogP contribution >= 0.6 is 0 Å². The van der Waals surface area contributed by atoms with Crippen LogP contribution in [0.3, 0.4) is 0 Å². The van der Waals surface area contributed by atoms with Crippen molar-refractivity contribution in [3.05, 3.63) is 108 Å². The molecule has 0 aliphatic carbocycles. The first-order chi connectivity index (χ1) is 16.3. The lowest BCUT2D eigenvalue weighted by molar-refractivity contribution is 0.0976. The van der Waals surface area contributed by atoms with Crippen LogP contribution in [0.1, 0.15) is 34.1 Å². The van der Waals surface area contributed by atoms with Crippen LogP contribution in [0, 0.1) is 12.7 Å². The summed E-state index contributed by atoms with van der Waals surface area (Å²) in [6.07, 6.45) is 0.0839. The molecule has 1 unspecified atom stereocenters. The number of carbonyl (C=O) groups excluding carboxylic acids is 1. The van der Waals surface area contributed by atoms with Crippen LogP contribution in [0.5, 0.6) is 0 Å². The molecule has 0 aliphatic rings. The fourth-order valence-electron chi connectivity index (χ4n) is 3.45. The maximum absolute atomic E-state index is 13.9. The second kappa shape index (κ2) is 9.88. The van der Waals surface area contributed by atoms with E-state index in [1.165, 1.54) is 30.3 Å². The predicted molar refractivity (Wildman–Crippen MR) is 127 cm³/mol. The summed E-state index contributed by atoms with van der Waals surface area (Å²) in [5.74, 6) is 0.0525. The fraction of sp³-hybridized carbons (Fsp3) is 0.120. The maximum Gasteiger partial charge on any atom is 0.263 e. The molecule has 4 aromatic rings. The summed E-state index contributed by atoms with van der Waals surface area (Å²) in [4.78, 5) is 12.9. The number of ketones is 1. The number of rotatable bonds is 9. The van der Waals surface area contributed by atoms with Gasteiger partial charge in [0.05, 0.1) is 10.9 Å². The van der Waals surface area contributed by atoms with Crippen LogP contribution in [-0.4, -0.2) is 19.4 Å². The van der Waals surface area contributed by atoms with Crippen LogP contribution in [0.2, 0.25) is 0 Å². The molecular formula is C25H22FN3O4S. The molecule has 1 aromatic heterocycles. The number of hydrogen-bond acceptors (Lipinski definition) is 6. The van der Waals surface area contributed by atoms with E-state index in [1.807, 2.05) is 6.07 Å². The molecule has 7 nitrogen and oxygen atoms in total. The van der Waals surface area contributed by atoms with Gasteiger partial charge in [-0.3, -0.25) is 9.52 Å². The van der Waals surface area contributed by atoms with E-state index in [-0.39, 0.29) is 22.9 Å². The van der Waals surface area contributed by atoms with Crippen LogP contribution in [0.4, 0.5) is 15.9 Å². The number of aromatic nitrogens is 1. The topological polar surface area (TPSA) is 101 Å². The highest BCUT2D eigenvalue weighted by Crippen LogP contribution is 2.26. The van der Waals surface area contributed by atoms with Gasteiger partial charge in [-0.15, -0.1) is 0 Å². The molecule has 3 aromatic carbocycles. The molecule has 0 amide bonds. The van der Waals surface area contributed by atoms with Crippen LogP contribution < -0.4 is 10.0 Å². The van der Waals surface area contributed by atoms with Crippen molar-refractivity contribution in [2.45, 2.75) is 24.3 Å². The molecule has 2 N–H and O–H groups in total. The van der Waals surface area contributed by atoms with E-state index in [4.69, 9.17) is 4.52 Å². The Kier molecular flexibility index (Phi) is 6.74. The number of benzene rings is 3. The Morgan fingerprint density at radius 2 is 1.74 bits per heavy atom. The van der Waals surface area contributed by atoms with E-state index in [2.05, 4.69) is 15.2 Å². The normalized spacial score (nSPS) is 12.2. The maximum atomic E-state index is 13.9. The second-order valence-electron chi connectivity index (χ2n) is 7.70. The Balaban J connectivity index is 1.54. The van der Waals surface area contributed by atoms with Crippen LogP contribution in [0.15, 0.2) is 94.3 Å². The van der Waals surface area contributed by atoms with Gasteiger partial charge in [0.15, 0.2) is 11.6 Å². The third kappa shape index (κ3) is 5.68. The molecular weight excluding hydrogens is 457 g/mol. The molecule has 0 saturated carbocycles. The number of halogens is 1. The van der Waals surface area contributed by atoms with E-state index >= 15 is 0 Å². The Morgan fingerprint density at radius 3 is 2.38 bits per heavy atom. The molecule has 0 saturated heterocycles. The van der Waals surface area contributed by atoms with Gasteiger partial charge < -0.3 is 9.84 Å². The minimum atomic E-state index is -3.86. The summed E-state index contributed by atoms with van der Waals surface area (Å²) in [5, 5.41) is 6.86. The van der Waals surface area contributed by atoms with Gasteiger partial charge in [-0.25, -0.2) is 12.8 Å². The minimum absolute atomic E-state index is 0.0290. The largest absolute Gasteiger partial charge is 0.378 e. The highest BCUT2D eigenvalue weighted by atomic mass is 32.2. The summed E-state index contributed by atoms with van der Waals surface area (Å²) in [5.41, 5.74) is 1.73. The zero-order valence-corrected chi connectivity index (χ0v) is 19.1. The van der Waals surface area contributed by atoms with Gasteiger partial charge in [0.25, 0.3) is 10.0 Å². The van der Waals surface area contributed by atoms with Gasteiger partial charge in [-0.1, -0.05) is 47.6 Å². The molecule has 0 fully saturated rings.